The predicted octanol–water partition coefficient (Wildman–Crippen LogP) is 1.33. The van der Waals surface area contributed by atoms with Crippen LogP contribution in [0.2, 0.25) is 0 Å². The molecule has 0 aliphatic heterocycles. The Hall–Kier alpha value is -1.70. The maximum absolute atomic E-state index is 12.0. The van der Waals surface area contributed by atoms with Crippen molar-refractivity contribution in [3.8, 4) is 0 Å². The highest BCUT2D eigenvalue weighted by atomic mass is 79.9. The Morgan fingerprint density at radius 2 is 2.21 bits per heavy atom. The van der Waals surface area contributed by atoms with Crippen molar-refractivity contribution in [2.75, 3.05) is 5.32 Å². The zero-order chi connectivity index (χ0) is 14.0. The van der Waals surface area contributed by atoms with E-state index in [4.69, 9.17) is 0 Å². The van der Waals surface area contributed by atoms with Crippen molar-refractivity contribution in [3.05, 3.63) is 33.2 Å². The monoisotopic (exact) mass is 326 g/mol. The zero-order valence-electron chi connectivity index (χ0n) is 11.0. The second kappa shape index (κ2) is 5.52. The standard InChI is InChI=1S/C11H15BrN6O/c1-7(2)18-11(19)10(12)8(4-15-18)13-5-9-14-6-17(3)16-9/h4,6-7,13H,5H2,1-3H3. The average molecular weight is 327 g/mol. The average Bonchev–Trinajstić information content (AvgIpc) is 2.76. The lowest BCUT2D eigenvalue weighted by molar-refractivity contribution is 0.501. The SMILES string of the molecule is CC(C)n1ncc(NCc2ncn(C)n2)c(Br)c1=O. The van der Waals surface area contributed by atoms with E-state index in [1.54, 1.807) is 24.3 Å². The number of nitrogens with one attached hydrogen (secondary N) is 1. The maximum atomic E-state index is 12.0. The summed E-state index contributed by atoms with van der Waals surface area (Å²) >= 11 is 3.30. The van der Waals surface area contributed by atoms with Crippen LogP contribution in [-0.2, 0) is 13.6 Å². The van der Waals surface area contributed by atoms with Crippen molar-refractivity contribution in [2.45, 2.75) is 26.4 Å². The molecule has 0 fully saturated rings. The highest BCUT2D eigenvalue weighted by Crippen LogP contribution is 2.17. The number of aryl methyl sites for hydroxylation is 1. The summed E-state index contributed by atoms with van der Waals surface area (Å²) in [7, 11) is 1.80. The minimum Gasteiger partial charge on any atom is -0.375 e. The van der Waals surface area contributed by atoms with E-state index in [-0.39, 0.29) is 11.6 Å². The van der Waals surface area contributed by atoms with Crippen LogP contribution in [0, 0.1) is 0 Å². The fourth-order valence-corrected chi connectivity index (χ4v) is 2.00. The van der Waals surface area contributed by atoms with Crippen LogP contribution in [0.15, 0.2) is 21.8 Å². The van der Waals surface area contributed by atoms with Gasteiger partial charge in [-0.3, -0.25) is 9.48 Å². The lowest BCUT2D eigenvalue weighted by atomic mass is 10.4. The van der Waals surface area contributed by atoms with Gasteiger partial charge in [-0.25, -0.2) is 9.67 Å². The highest BCUT2D eigenvalue weighted by Gasteiger charge is 2.11. The molecule has 1 N–H and O–H groups in total. The first-order chi connectivity index (χ1) is 8.99. The van der Waals surface area contributed by atoms with Gasteiger partial charge in [0.05, 0.1) is 24.5 Å². The van der Waals surface area contributed by atoms with Gasteiger partial charge < -0.3 is 5.32 Å². The van der Waals surface area contributed by atoms with Crippen LogP contribution >= 0.6 is 15.9 Å². The Morgan fingerprint density at radius 1 is 1.47 bits per heavy atom. The summed E-state index contributed by atoms with van der Waals surface area (Å²) in [5.74, 6) is 0.655. The fourth-order valence-electron chi connectivity index (χ4n) is 1.58. The summed E-state index contributed by atoms with van der Waals surface area (Å²) < 4.78 is 3.52. The van der Waals surface area contributed by atoms with Crippen LogP contribution in [-0.4, -0.2) is 24.5 Å². The molecule has 0 aliphatic rings. The van der Waals surface area contributed by atoms with Crippen LogP contribution in [0.25, 0.3) is 0 Å². The Labute approximate surface area is 118 Å². The normalized spacial score (nSPS) is 11.0. The summed E-state index contributed by atoms with van der Waals surface area (Å²) in [6, 6.07) is 0.0234. The lowest BCUT2D eigenvalue weighted by Gasteiger charge is -2.11. The van der Waals surface area contributed by atoms with Gasteiger partial charge in [-0.2, -0.15) is 10.2 Å². The van der Waals surface area contributed by atoms with Crippen molar-refractivity contribution in [1.82, 2.24) is 24.5 Å². The first kappa shape index (κ1) is 13.7. The number of hydrogen-bond acceptors (Lipinski definition) is 5. The summed E-state index contributed by atoms with van der Waals surface area (Å²) in [5.41, 5.74) is 0.475. The van der Waals surface area contributed by atoms with Gasteiger partial charge in [0, 0.05) is 7.05 Å². The smallest absolute Gasteiger partial charge is 0.283 e. The van der Waals surface area contributed by atoms with Crippen LogP contribution in [0.4, 0.5) is 5.69 Å². The fraction of sp³-hybridized carbons (Fsp3) is 0.455. The molecule has 2 rings (SSSR count). The molecule has 2 aromatic heterocycles. The van der Waals surface area contributed by atoms with E-state index in [1.165, 1.54) is 4.68 Å². The van der Waals surface area contributed by atoms with Crippen LogP contribution in [0.1, 0.15) is 25.7 Å². The molecule has 0 saturated carbocycles. The molecule has 0 radical (unpaired) electrons. The summed E-state index contributed by atoms with van der Waals surface area (Å²) in [6.07, 6.45) is 3.25. The van der Waals surface area contributed by atoms with E-state index in [1.807, 2.05) is 13.8 Å². The van der Waals surface area contributed by atoms with Gasteiger partial charge in [0.15, 0.2) is 5.82 Å². The first-order valence-corrected chi connectivity index (χ1v) is 6.64. The maximum Gasteiger partial charge on any atom is 0.283 e. The third-order valence-electron chi connectivity index (χ3n) is 2.52. The Kier molecular flexibility index (Phi) is 3.98. The predicted molar refractivity (Wildman–Crippen MR) is 74.9 cm³/mol. The van der Waals surface area contributed by atoms with E-state index in [0.717, 1.165) is 0 Å². The molecule has 102 valence electrons. The van der Waals surface area contributed by atoms with Gasteiger partial charge in [0.25, 0.3) is 5.56 Å². The zero-order valence-corrected chi connectivity index (χ0v) is 12.5. The van der Waals surface area contributed by atoms with Crippen LogP contribution < -0.4 is 10.9 Å². The largest absolute Gasteiger partial charge is 0.375 e. The molecule has 2 heterocycles. The third-order valence-corrected chi connectivity index (χ3v) is 3.28. The van der Waals surface area contributed by atoms with Crippen molar-refractivity contribution in [1.29, 1.82) is 0 Å². The van der Waals surface area contributed by atoms with E-state index < -0.39 is 0 Å². The molecule has 0 unspecified atom stereocenters. The van der Waals surface area contributed by atoms with Gasteiger partial charge in [-0.1, -0.05) is 0 Å². The van der Waals surface area contributed by atoms with Gasteiger partial charge in [0.1, 0.15) is 10.8 Å². The summed E-state index contributed by atoms with van der Waals surface area (Å²) in [4.78, 5) is 16.1. The van der Waals surface area contributed by atoms with E-state index >= 15 is 0 Å². The number of nitrogens with zero attached hydrogens (tertiary/aromatic N) is 5. The molecular weight excluding hydrogens is 312 g/mol. The molecule has 0 aliphatic carbocycles. The molecule has 0 saturated heterocycles. The topological polar surface area (TPSA) is 77.6 Å². The summed E-state index contributed by atoms with van der Waals surface area (Å²) in [5, 5.41) is 11.4. The lowest BCUT2D eigenvalue weighted by Crippen LogP contribution is -2.26. The minimum atomic E-state index is -0.158. The Bertz CT molecular complexity index is 632. The highest BCUT2D eigenvalue weighted by molar-refractivity contribution is 9.10. The quantitative estimate of drug-likeness (QED) is 0.917. The number of anilines is 1. The van der Waals surface area contributed by atoms with E-state index in [2.05, 4.69) is 36.4 Å². The van der Waals surface area contributed by atoms with E-state index in [0.29, 0.717) is 22.5 Å². The van der Waals surface area contributed by atoms with Crippen LogP contribution in [0.3, 0.4) is 0 Å². The number of halogens is 1. The first-order valence-electron chi connectivity index (χ1n) is 5.84. The summed E-state index contributed by atoms with van der Waals surface area (Å²) in [6.45, 7) is 4.25. The molecule has 19 heavy (non-hydrogen) atoms. The molecule has 0 aromatic carbocycles. The van der Waals surface area contributed by atoms with Crippen molar-refractivity contribution in [2.24, 2.45) is 7.05 Å². The number of hydrogen-bond donors (Lipinski definition) is 1. The molecular formula is C11H15BrN6O. The number of rotatable bonds is 4. The van der Waals surface area contributed by atoms with Gasteiger partial charge >= 0.3 is 0 Å². The Balaban J connectivity index is 2.18. The van der Waals surface area contributed by atoms with Crippen molar-refractivity contribution < 1.29 is 0 Å². The molecule has 8 heteroatoms. The molecule has 0 spiro atoms. The molecule has 0 bridgehead atoms. The molecule has 2 aromatic rings. The van der Waals surface area contributed by atoms with E-state index in [9.17, 15) is 4.79 Å². The molecule has 0 amide bonds. The van der Waals surface area contributed by atoms with Crippen molar-refractivity contribution >= 4 is 21.6 Å². The second-order valence-electron chi connectivity index (χ2n) is 4.40. The second-order valence-corrected chi connectivity index (χ2v) is 5.20. The molecule has 7 nitrogen and oxygen atoms in total. The third kappa shape index (κ3) is 3.01. The minimum absolute atomic E-state index is 0.0234. The number of aromatic nitrogens is 5. The van der Waals surface area contributed by atoms with Gasteiger partial charge in [-0.05, 0) is 29.8 Å². The van der Waals surface area contributed by atoms with Crippen molar-refractivity contribution in [3.63, 3.8) is 0 Å². The van der Waals surface area contributed by atoms with Crippen LogP contribution in [0.5, 0.6) is 0 Å². The van der Waals surface area contributed by atoms with Gasteiger partial charge in [-0.15, -0.1) is 0 Å². The van der Waals surface area contributed by atoms with Gasteiger partial charge in [0.2, 0.25) is 0 Å². The Morgan fingerprint density at radius 3 is 2.79 bits per heavy atom. The molecule has 0 atom stereocenters.